The number of rotatable bonds is 4. The zero-order chi connectivity index (χ0) is 11.6. The molecule has 1 N–H and O–H groups in total. The second-order valence-electron chi connectivity index (χ2n) is 2.22. The molecule has 82 valence electrons. The molecule has 4 nitrogen and oxygen atoms in total. The first-order valence-electron chi connectivity index (χ1n) is 4.64. The molecule has 0 aliphatic heterocycles. The van der Waals surface area contributed by atoms with E-state index in [1.54, 1.807) is 0 Å². The van der Waals surface area contributed by atoms with Crippen molar-refractivity contribution < 1.29 is 14.3 Å². The highest BCUT2D eigenvalue weighted by molar-refractivity contribution is 5.94. The Morgan fingerprint density at radius 2 is 1.86 bits per heavy atom. The molecule has 0 aliphatic carbocycles. The summed E-state index contributed by atoms with van der Waals surface area (Å²) in [5.74, 6) is -0.768. The van der Waals surface area contributed by atoms with Crippen LogP contribution in [0.25, 0.3) is 0 Å². The Morgan fingerprint density at radius 3 is 2.21 bits per heavy atom. The molecule has 0 aromatic rings. The number of carbonyl (C=O) groups is 2. The molecular formula is C10H19NO3. The van der Waals surface area contributed by atoms with Gasteiger partial charge in [0.15, 0.2) is 0 Å². The van der Waals surface area contributed by atoms with E-state index in [0.717, 1.165) is 0 Å². The summed E-state index contributed by atoms with van der Waals surface area (Å²) < 4.78 is 4.33. The largest absolute Gasteiger partial charge is 0.468 e. The molecule has 0 bridgehead atoms. The minimum atomic E-state index is -0.466. The van der Waals surface area contributed by atoms with Gasteiger partial charge in [0, 0.05) is 5.57 Å². The van der Waals surface area contributed by atoms with Crippen molar-refractivity contribution in [2.45, 2.75) is 27.2 Å². The van der Waals surface area contributed by atoms with Crippen molar-refractivity contribution in [3.05, 3.63) is 12.2 Å². The SMILES string of the molecule is C=C(CC)C(=O)NCC(=O)OC.CC. The fourth-order valence-corrected chi connectivity index (χ4v) is 0.510. The minimum Gasteiger partial charge on any atom is -0.468 e. The van der Waals surface area contributed by atoms with E-state index in [1.807, 2.05) is 20.8 Å². The van der Waals surface area contributed by atoms with Crippen LogP contribution in [-0.2, 0) is 14.3 Å². The summed E-state index contributed by atoms with van der Waals surface area (Å²) >= 11 is 0. The van der Waals surface area contributed by atoms with Gasteiger partial charge in [-0.3, -0.25) is 9.59 Å². The Morgan fingerprint density at radius 1 is 1.36 bits per heavy atom. The van der Waals surface area contributed by atoms with Crippen LogP contribution in [0.1, 0.15) is 27.2 Å². The van der Waals surface area contributed by atoms with Gasteiger partial charge in [-0.15, -0.1) is 0 Å². The van der Waals surface area contributed by atoms with Crippen LogP contribution >= 0.6 is 0 Å². The fourth-order valence-electron chi connectivity index (χ4n) is 0.510. The van der Waals surface area contributed by atoms with Gasteiger partial charge in [-0.2, -0.15) is 0 Å². The Kier molecular flexibility index (Phi) is 10.6. The van der Waals surface area contributed by atoms with E-state index in [0.29, 0.717) is 12.0 Å². The van der Waals surface area contributed by atoms with Crippen molar-refractivity contribution in [2.24, 2.45) is 0 Å². The molecule has 14 heavy (non-hydrogen) atoms. The van der Waals surface area contributed by atoms with Gasteiger partial charge in [0.25, 0.3) is 0 Å². The van der Waals surface area contributed by atoms with Crippen LogP contribution in [-0.4, -0.2) is 25.5 Å². The Labute approximate surface area is 85.3 Å². The second kappa shape index (κ2) is 9.77. The van der Waals surface area contributed by atoms with Crippen LogP contribution in [0.5, 0.6) is 0 Å². The van der Waals surface area contributed by atoms with Crippen molar-refractivity contribution >= 4 is 11.9 Å². The van der Waals surface area contributed by atoms with Crippen LogP contribution in [0.3, 0.4) is 0 Å². The summed E-state index contributed by atoms with van der Waals surface area (Å²) in [4.78, 5) is 21.5. The highest BCUT2D eigenvalue weighted by atomic mass is 16.5. The van der Waals surface area contributed by atoms with Gasteiger partial charge in [-0.1, -0.05) is 27.4 Å². The molecule has 1 amide bonds. The molecule has 0 atom stereocenters. The number of carbonyl (C=O) groups excluding carboxylic acids is 2. The lowest BCUT2D eigenvalue weighted by Gasteiger charge is -2.03. The van der Waals surface area contributed by atoms with E-state index in [-0.39, 0.29) is 12.5 Å². The predicted octanol–water partition coefficient (Wildman–Crippen LogP) is 1.27. The van der Waals surface area contributed by atoms with Crippen LogP contribution in [0, 0.1) is 0 Å². The lowest BCUT2D eigenvalue weighted by atomic mass is 10.2. The molecule has 0 saturated carbocycles. The Bertz CT molecular complexity index is 200. The number of methoxy groups -OCH3 is 1. The summed E-state index contributed by atoms with van der Waals surface area (Å²) in [5, 5.41) is 2.37. The fraction of sp³-hybridized carbons (Fsp3) is 0.600. The standard InChI is InChI=1S/C8H13NO3.C2H6/c1-4-6(2)8(11)9-5-7(10)12-3;1-2/h2,4-5H2,1,3H3,(H,9,11);1-2H3. The van der Waals surface area contributed by atoms with Gasteiger partial charge in [0.1, 0.15) is 6.54 Å². The van der Waals surface area contributed by atoms with Crippen molar-refractivity contribution in [2.75, 3.05) is 13.7 Å². The van der Waals surface area contributed by atoms with Crippen LogP contribution in [0.2, 0.25) is 0 Å². The third-order valence-electron chi connectivity index (χ3n) is 1.37. The minimum absolute atomic E-state index is 0.103. The molecule has 0 rings (SSSR count). The van der Waals surface area contributed by atoms with Gasteiger partial charge in [-0.25, -0.2) is 0 Å². The van der Waals surface area contributed by atoms with Gasteiger partial charge in [0.2, 0.25) is 5.91 Å². The molecule has 0 aliphatic rings. The highest BCUT2D eigenvalue weighted by Crippen LogP contribution is 1.94. The van der Waals surface area contributed by atoms with Crippen molar-refractivity contribution in [1.29, 1.82) is 0 Å². The number of hydrogen-bond acceptors (Lipinski definition) is 3. The summed E-state index contributed by atoms with van der Waals surface area (Å²) in [6.07, 6.45) is 0.576. The lowest BCUT2D eigenvalue weighted by Crippen LogP contribution is -2.30. The zero-order valence-electron chi connectivity index (χ0n) is 9.35. The summed E-state index contributed by atoms with van der Waals surface area (Å²) in [5.41, 5.74) is 0.457. The molecule has 0 fully saturated rings. The van der Waals surface area contributed by atoms with E-state index in [9.17, 15) is 9.59 Å². The summed E-state index contributed by atoms with van der Waals surface area (Å²) in [6, 6.07) is 0. The van der Waals surface area contributed by atoms with Crippen LogP contribution in [0.15, 0.2) is 12.2 Å². The van der Waals surface area contributed by atoms with E-state index >= 15 is 0 Å². The van der Waals surface area contributed by atoms with Crippen LogP contribution in [0.4, 0.5) is 0 Å². The quantitative estimate of drug-likeness (QED) is 0.550. The second-order valence-corrected chi connectivity index (χ2v) is 2.22. The molecule has 0 spiro atoms. The van der Waals surface area contributed by atoms with E-state index in [1.165, 1.54) is 7.11 Å². The highest BCUT2D eigenvalue weighted by Gasteiger charge is 2.06. The Balaban J connectivity index is 0. The number of esters is 1. The van der Waals surface area contributed by atoms with Gasteiger partial charge >= 0.3 is 5.97 Å². The third kappa shape index (κ3) is 7.34. The molecule has 0 heterocycles. The van der Waals surface area contributed by atoms with Gasteiger partial charge in [-0.05, 0) is 6.42 Å². The monoisotopic (exact) mass is 201 g/mol. The number of nitrogens with one attached hydrogen (secondary N) is 1. The summed E-state index contributed by atoms with van der Waals surface area (Å²) in [6.45, 7) is 9.23. The zero-order valence-corrected chi connectivity index (χ0v) is 9.35. The number of ether oxygens (including phenoxy) is 1. The van der Waals surface area contributed by atoms with Crippen LogP contribution < -0.4 is 5.32 Å². The summed E-state index contributed by atoms with van der Waals surface area (Å²) in [7, 11) is 1.27. The van der Waals surface area contributed by atoms with Gasteiger partial charge < -0.3 is 10.1 Å². The first-order valence-corrected chi connectivity index (χ1v) is 4.64. The normalized spacial score (nSPS) is 8.00. The smallest absolute Gasteiger partial charge is 0.325 e. The first kappa shape index (κ1) is 15.2. The van der Waals surface area contributed by atoms with Crippen molar-refractivity contribution in [1.82, 2.24) is 5.32 Å². The maximum atomic E-state index is 11.0. The van der Waals surface area contributed by atoms with Crippen molar-refractivity contribution in [3.63, 3.8) is 0 Å². The molecule has 0 saturated heterocycles. The number of amides is 1. The predicted molar refractivity (Wildman–Crippen MR) is 55.8 cm³/mol. The maximum absolute atomic E-state index is 11.0. The lowest BCUT2D eigenvalue weighted by molar-refractivity contribution is -0.140. The molecule has 0 aromatic heterocycles. The molecule has 0 aromatic carbocycles. The van der Waals surface area contributed by atoms with E-state index in [4.69, 9.17) is 0 Å². The van der Waals surface area contributed by atoms with E-state index in [2.05, 4.69) is 16.6 Å². The van der Waals surface area contributed by atoms with Gasteiger partial charge in [0.05, 0.1) is 7.11 Å². The topological polar surface area (TPSA) is 55.4 Å². The Hall–Kier alpha value is -1.32. The molecular weight excluding hydrogens is 182 g/mol. The third-order valence-corrected chi connectivity index (χ3v) is 1.37. The maximum Gasteiger partial charge on any atom is 0.325 e. The average Bonchev–Trinajstić information content (AvgIpc) is 2.26. The number of hydrogen-bond donors (Lipinski definition) is 1. The molecule has 0 radical (unpaired) electrons. The first-order chi connectivity index (χ1) is 6.61. The molecule has 4 heteroatoms. The van der Waals surface area contributed by atoms with Crippen molar-refractivity contribution in [3.8, 4) is 0 Å². The average molecular weight is 201 g/mol. The molecule has 0 unspecified atom stereocenters. The van der Waals surface area contributed by atoms with E-state index < -0.39 is 5.97 Å².